The van der Waals surface area contributed by atoms with Crippen LogP contribution in [0.5, 0.6) is 0 Å². The molecule has 4 rings (SSSR count). The fourth-order valence-corrected chi connectivity index (χ4v) is 5.39. The van der Waals surface area contributed by atoms with Crippen molar-refractivity contribution >= 4 is 0 Å². The van der Waals surface area contributed by atoms with Crippen LogP contribution < -0.4 is 10.6 Å². The Kier molecular flexibility index (Phi) is 10.2. The predicted molar refractivity (Wildman–Crippen MR) is 140 cm³/mol. The number of rotatable bonds is 12. The molecule has 2 saturated heterocycles. The number of benzene rings is 2. The number of hydrogen-bond donors (Lipinski definition) is 2. The molecule has 2 aliphatic heterocycles. The van der Waals surface area contributed by atoms with Crippen LogP contribution in [0.1, 0.15) is 68.2 Å². The summed E-state index contributed by atoms with van der Waals surface area (Å²) in [7, 11) is 0. The lowest BCUT2D eigenvalue weighted by atomic mass is 10.0. The molecule has 33 heavy (non-hydrogen) atoms. The van der Waals surface area contributed by atoms with Crippen molar-refractivity contribution in [2.45, 2.75) is 57.0 Å². The minimum absolute atomic E-state index is 0.419. The third kappa shape index (κ3) is 8.22. The van der Waals surface area contributed by atoms with E-state index in [1.54, 1.807) is 0 Å². The van der Waals surface area contributed by atoms with Gasteiger partial charge in [0.2, 0.25) is 0 Å². The molecule has 0 unspecified atom stereocenters. The Balaban J connectivity index is 1.26. The highest BCUT2D eigenvalue weighted by atomic mass is 15.2. The fourth-order valence-electron chi connectivity index (χ4n) is 5.39. The van der Waals surface area contributed by atoms with E-state index in [4.69, 9.17) is 0 Å². The molecule has 4 nitrogen and oxygen atoms in total. The summed E-state index contributed by atoms with van der Waals surface area (Å²) in [6.07, 6.45) is 9.34. The van der Waals surface area contributed by atoms with Crippen molar-refractivity contribution in [1.82, 2.24) is 20.4 Å². The van der Waals surface area contributed by atoms with Crippen LogP contribution in [0.3, 0.4) is 0 Å². The van der Waals surface area contributed by atoms with Crippen molar-refractivity contribution in [2.75, 3.05) is 52.4 Å². The number of nitrogens with zero attached hydrogens (tertiary/aromatic N) is 2. The van der Waals surface area contributed by atoms with Crippen molar-refractivity contribution in [1.29, 1.82) is 0 Å². The number of likely N-dealkylation sites (tertiary alicyclic amines) is 2. The second-order valence-corrected chi connectivity index (χ2v) is 9.91. The SMILES string of the molecule is c1ccc([C@H](CN2CCCCC2)NCCCN[C@H](CN2CCCCC2)c2ccccc2)cc1. The molecule has 0 amide bonds. The molecule has 0 radical (unpaired) electrons. The van der Waals surface area contributed by atoms with Gasteiger partial charge in [0.15, 0.2) is 0 Å². The minimum Gasteiger partial charge on any atom is -0.309 e. The quantitative estimate of drug-likeness (QED) is 0.447. The van der Waals surface area contributed by atoms with Crippen LogP contribution in [0.25, 0.3) is 0 Å². The van der Waals surface area contributed by atoms with Crippen molar-refractivity contribution in [3.63, 3.8) is 0 Å². The first kappa shape index (κ1) is 24.4. The second kappa shape index (κ2) is 13.9. The Morgan fingerprint density at radius 2 is 0.939 bits per heavy atom. The summed E-state index contributed by atoms with van der Waals surface area (Å²) in [6.45, 7) is 9.35. The molecular weight excluding hydrogens is 404 g/mol. The molecule has 0 bridgehead atoms. The van der Waals surface area contributed by atoms with Gasteiger partial charge >= 0.3 is 0 Å². The average molecular weight is 449 g/mol. The molecular formula is C29H44N4. The molecule has 2 N–H and O–H groups in total. The van der Waals surface area contributed by atoms with Gasteiger partial charge in [-0.1, -0.05) is 73.5 Å². The van der Waals surface area contributed by atoms with Gasteiger partial charge < -0.3 is 20.4 Å². The van der Waals surface area contributed by atoms with Crippen LogP contribution in [0.4, 0.5) is 0 Å². The molecule has 2 aromatic carbocycles. The maximum absolute atomic E-state index is 3.89. The van der Waals surface area contributed by atoms with Gasteiger partial charge in [0.25, 0.3) is 0 Å². The van der Waals surface area contributed by atoms with Gasteiger partial charge in [0, 0.05) is 25.2 Å². The highest BCUT2D eigenvalue weighted by Gasteiger charge is 2.19. The highest BCUT2D eigenvalue weighted by Crippen LogP contribution is 2.19. The van der Waals surface area contributed by atoms with Gasteiger partial charge in [0.05, 0.1) is 0 Å². The normalized spacial score (nSPS) is 19.9. The van der Waals surface area contributed by atoms with Gasteiger partial charge in [-0.2, -0.15) is 0 Å². The maximum atomic E-state index is 3.89. The Labute approximate surface area is 201 Å². The van der Waals surface area contributed by atoms with Gasteiger partial charge in [-0.25, -0.2) is 0 Å². The Morgan fingerprint density at radius 1 is 0.545 bits per heavy atom. The van der Waals surface area contributed by atoms with E-state index in [9.17, 15) is 0 Å². The van der Waals surface area contributed by atoms with Gasteiger partial charge in [-0.15, -0.1) is 0 Å². The maximum Gasteiger partial charge on any atom is 0.0449 e. The van der Waals surface area contributed by atoms with E-state index in [0.29, 0.717) is 12.1 Å². The van der Waals surface area contributed by atoms with E-state index >= 15 is 0 Å². The van der Waals surface area contributed by atoms with E-state index in [1.807, 2.05) is 0 Å². The second-order valence-electron chi connectivity index (χ2n) is 9.91. The molecule has 2 aliphatic rings. The molecule has 2 fully saturated rings. The van der Waals surface area contributed by atoms with E-state index in [-0.39, 0.29) is 0 Å². The standard InChI is InChI=1S/C29H44N4/c1-5-14-26(15-6-1)28(24-32-20-9-3-10-21-32)30-18-13-19-31-29(27-16-7-2-8-17-27)25-33-22-11-4-12-23-33/h1-2,5-8,14-17,28-31H,3-4,9-13,18-25H2/t28-,29+. The van der Waals surface area contributed by atoms with E-state index < -0.39 is 0 Å². The molecule has 2 heterocycles. The van der Waals surface area contributed by atoms with E-state index in [1.165, 1.54) is 75.8 Å². The molecule has 0 saturated carbocycles. The lowest BCUT2D eigenvalue weighted by Crippen LogP contribution is -2.40. The first-order valence-corrected chi connectivity index (χ1v) is 13.4. The van der Waals surface area contributed by atoms with Crippen LogP contribution in [0.15, 0.2) is 60.7 Å². The van der Waals surface area contributed by atoms with Crippen molar-refractivity contribution in [2.24, 2.45) is 0 Å². The minimum atomic E-state index is 0.419. The van der Waals surface area contributed by atoms with Crippen LogP contribution in [-0.2, 0) is 0 Å². The molecule has 4 heteroatoms. The smallest absolute Gasteiger partial charge is 0.0449 e. The number of piperidine rings is 2. The first-order valence-electron chi connectivity index (χ1n) is 13.4. The molecule has 2 atom stereocenters. The summed E-state index contributed by atoms with van der Waals surface area (Å²) < 4.78 is 0. The Hall–Kier alpha value is -1.72. The van der Waals surface area contributed by atoms with Gasteiger partial charge in [-0.3, -0.25) is 0 Å². The fraction of sp³-hybridized carbons (Fsp3) is 0.586. The van der Waals surface area contributed by atoms with Crippen LogP contribution in [0, 0.1) is 0 Å². The van der Waals surface area contributed by atoms with Crippen molar-refractivity contribution in [3.8, 4) is 0 Å². The summed E-state index contributed by atoms with van der Waals surface area (Å²) in [5.74, 6) is 0. The van der Waals surface area contributed by atoms with Gasteiger partial charge in [-0.05, 0) is 82.5 Å². The summed E-state index contributed by atoms with van der Waals surface area (Å²) in [6, 6.07) is 22.9. The van der Waals surface area contributed by atoms with Gasteiger partial charge in [0.1, 0.15) is 0 Å². The summed E-state index contributed by atoms with van der Waals surface area (Å²) in [4.78, 5) is 5.30. The Morgan fingerprint density at radius 3 is 1.33 bits per heavy atom. The zero-order valence-corrected chi connectivity index (χ0v) is 20.4. The molecule has 0 spiro atoms. The average Bonchev–Trinajstić information content (AvgIpc) is 2.89. The molecule has 180 valence electrons. The van der Waals surface area contributed by atoms with Crippen LogP contribution >= 0.6 is 0 Å². The zero-order chi connectivity index (χ0) is 22.6. The van der Waals surface area contributed by atoms with Crippen LogP contribution in [0.2, 0.25) is 0 Å². The lowest BCUT2D eigenvalue weighted by Gasteiger charge is -2.32. The summed E-state index contributed by atoms with van der Waals surface area (Å²) in [5, 5.41) is 7.77. The molecule has 2 aromatic rings. The largest absolute Gasteiger partial charge is 0.309 e. The third-order valence-electron chi connectivity index (χ3n) is 7.32. The molecule has 0 aromatic heterocycles. The predicted octanol–water partition coefficient (Wildman–Crippen LogP) is 5.01. The Bertz CT molecular complexity index is 688. The number of hydrogen-bond acceptors (Lipinski definition) is 4. The van der Waals surface area contributed by atoms with E-state index in [2.05, 4.69) is 81.1 Å². The number of nitrogens with one attached hydrogen (secondary N) is 2. The molecule has 0 aliphatic carbocycles. The monoisotopic (exact) mass is 448 g/mol. The highest BCUT2D eigenvalue weighted by molar-refractivity contribution is 5.20. The summed E-state index contributed by atoms with van der Waals surface area (Å²) in [5.41, 5.74) is 2.84. The van der Waals surface area contributed by atoms with E-state index in [0.717, 1.165) is 32.6 Å². The third-order valence-corrected chi connectivity index (χ3v) is 7.32. The van der Waals surface area contributed by atoms with Crippen LogP contribution in [-0.4, -0.2) is 62.2 Å². The zero-order valence-electron chi connectivity index (χ0n) is 20.4. The summed E-state index contributed by atoms with van der Waals surface area (Å²) >= 11 is 0. The first-order chi connectivity index (χ1) is 16.4. The lowest BCUT2D eigenvalue weighted by molar-refractivity contribution is 0.202. The van der Waals surface area contributed by atoms with Crippen molar-refractivity contribution in [3.05, 3.63) is 71.8 Å². The van der Waals surface area contributed by atoms with Crippen molar-refractivity contribution < 1.29 is 0 Å². The topological polar surface area (TPSA) is 30.5 Å².